The van der Waals surface area contributed by atoms with Gasteiger partial charge in [0.05, 0.1) is 27.9 Å². The predicted molar refractivity (Wildman–Crippen MR) is 131 cm³/mol. The van der Waals surface area contributed by atoms with Crippen LogP contribution in [-0.2, 0) is 0 Å². The van der Waals surface area contributed by atoms with E-state index in [0.29, 0.717) is 32.9 Å². The van der Waals surface area contributed by atoms with Crippen LogP contribution in [0, 0.1) is 17.1 Å². The molecule has 0 amide bonds. The number of phenols is 2. The summed E-state index contributed by atoms with van der Waals surface area (Å²) >= 11 is 6.69. The Morgan fingerprint density at radius 1 is 0.765 bits per heavy atom. The second-order valence-electron chi connectivity index (χ2n) is 7.78. The molecule has 0 spiro atoms. The van der Waals surface area contributed by atoms with Crippen LogP contribution in [0.1, 0.15) is 5.56 Å². The highest BCUT2D eigenvalue weighted by Gasteiger charge is 2.16. The maximum absolute atomic E-state index is 14.1. The topological polar surface area (TPSA) is 77.1 Å². The number of phenolic OH excluding ortho intramolecular Hbond substituents is 2. The summed E-state index contributed by atoms with van der Waals surface area (Å²) in [5, 5.41) is 30.2. The average Bonchev–Trinajstić information content (AvgIpc) is 2.85. The molecule has 0 aliphatic rings. The van der Waals surface area contributed by atoms with Gasteiger partial charge in [-0.3, -0.25) is 0 Å². The first kappa shape index (κ1) is 21.4. The third-order valence-electron chi connectivity index (χ3n) is 5.65. The number of rotatable bonds is 3. The quantitative estimate of drug-likeness (QED) is 0.292. The second kappa shape index (κ2) is 8.51. The van der Waals surface area contributed by atoms with Gasteiger partial charge in [-0.05, 0) is 71.3 Å². The second-order valence-corrected chi connectivity index (χ2v) is 8.19. The van der Waals surface area contributed by atoms with Crippen molar-refractivity contribution in [1.29, 1.82) is 5.26 Å². The standard InChI is InChI=1S/C28H16ClFN2O2/c29-23-12-19(20-3-1-2-4-26(20)33)11-22-21(17-7-5-16(15-31)6-8-17)14-25(32-28(22)23)18-9-10-27(34)24(30)13-18/h1-14,33-34H. The van der Waals surface area contributed by atoms with Crippen LogP contribution in [0.15, 0.2) is 84.9 Å². The summed E-state index contributed by atoms with van der Waals surface area (Å²) in [6, 6.07) is 25.7. The Hall–Kier alpha value is -4.40. The van der Waals surface area contributed by atoms with Gasteiger partial charge in [0, 0.05) is 16.5 Å². The number of fused-ring (bicyclic) bond motifs is 1. The van der Waals surface area contributed by atoms with Crippen LogP contribution in [0.2, 0.25) is 5.02 Å². The van der Waals surface area contributed by atoms with E-state index in [0.717, 1.165) is 22.1 Å². The largest absolute Gasteiger partial charge is 0.507 e. The fourth-order valence-corrected chi connectivity index (χ4v) is 4.20. The van der Waals surface area contributed by atoms with E-state index in [-0.39, 0.29) is 5.75 Å². The summed E-state index contributed by atoms with van der Waals surface area (Å²) in [5.41, 5.74) is 4.92. The van der Waals surface area contributed by atoms with E-state index >= 15 is 0 Å². The van der Waals surface area contributed by atoms with E-state index in [1.807, 2.05) is 30.3 Å². The number of hydrogen-bond donors (Lipinski definition) is 2. The maximum Gasteiger partial charge on any atom is 0.165 e. The zero-order chi connectivity index (χ0) is 23.8. The number of para-hydroxylation sites is 1. The van der Waals surface area contributed by atoms with Crippen LogP contribution in [0.5, 0.6) is 11.5 Å². The van der Waals surface area contributed by atoms with Crippen LogP contribution in [0.25, 0.3) is 44.4 Å². The molecule has 164 valence electrons. The Bertz CT molecular complexity index is 1610. The van der Waals surface area contributed by atoms with Gasteiger partial charge in [0.1, 0.15) is 5.75 Å². The first-order valence-corrected chi connectivity index (χ1v) is 10.7. The highest BCUT2D eigenvalue weighted by Crippen LogP contribution is 2.40. The summed E-state index contributed by atoms with van der Waals surface area (Å²) in [5.74, 6) is -1.07. The number of pyridine rings is 1. The summed E-state index contributed by atoms with van der Waals surface area (Å²) < 4.78 is 14.1. The fourth-order valence-electron chi connectivity index (χ4n) is 3.94. The van der Waals surface area contributed by atoms with Crippen molar-refractivity contribution < 1.29 is 14.6 Å². The highest BCUT2D eigenvalue weighted by atomic mass is 35.5. The van der Waals surface area contributed by atoms with Crippen molar-refractivity contribution in [1.82, 2.24) is 4.98 Å². The lowest BCUT2D eigenvalue weighted by molar-refractivity contribution is 0.432. The number of hydrogen-bond acceptors (Lipinski definition) is 4. The number of aromatic hydroxyl groups is 2. The van der Waals surface area contributed by atoms with Gasteiger partial charge in [-0.15, -0.1) is 0 Å². The molecule has 1 aromatic heterocycles. The van der Waals surface area contributed by atoms with E-state index in [9.17, 15) is 19.9 Å². The van der Waals surface area contributed by atoms with E-state index in [1.54, 1.807) is 42.5 Å². The van der Waals surface area contributed by atoms with E-state index in [2.05, 4.69) is 6.07 Å². The van der Waals surface area contributed by atoms with Crippen molar-refractivity contribution in [3.8, 4) is 51.1 Å². The monoisotopic (exact) mass is 466 g/mol. The number of nitrogens with zero attached hydrogens (tertiary/aromatic N) is 2. The minimum atomic E-state index is -0.750. The Balaban J connectivity index is 1.81. The molecule has 0 aliphatic carbocycles. The molecule has 4 nitrogen and oxygen atoms in total. The van der Waals surface area contributed by atoms with Crippen LogP contribution in [-0.4, -0.2) is 15.2 Å². The third kappa shape index (κ3) is 3.81. The molecular weight excluding hydrogens is 451 g/mol. The average molecular weight is 467 g/mol. The molecule has 6 heteroatoms. The van der Waals surface area contributed by atoms with E-state index in [4.69, 9.17) is 16.6 Å². The van der Waals surface area contributed by atoms with Gasteiger partial charge in [-0.25, -0.2) is 9.37 Å². The minimum absolute atomic E-state index is 0.127. The molecular formula is C28H16ClFN2O2. The lowest BCUT2D eigenvalue weighted by Gasteiger charge is -2.14. The lowest BCUT2D eigenvalue weighted by atomic mass is 9.94. The Morgan fingerprint density at radius 2 is 1.50 bits per heavy atom. The molecule has 0 fully saturated rings. The van der Waals surface area contributed by atoms with Crippen LogP contribution in [0.3, 0.4) is 0 Å². The van der Waals surface area contributed by atoms with Crippen LogP contribution in [0.4, 0.5) is 4.39 Å². The van der Waals surface area contributed by atoms with Crippen LogP contribution >= 0.6 is 11.6 Å². The first-order valence-electron chi connectivity index (χ1n) is 10.4. The predicted octanol–water partition coefficient (Wildman–Crippen LogP) is 7.31. The SMILES string of the molecule is N#Cc1ccc(-c2cc(-c3ccc(O)c(F)c3)nc3c(Cl)cc(-c4ccccc4O)cc23)cc1. The Kier molecular flexibility index (Phi) is 5.37. The summed E-state index contributed by atoms with van der Waals surface area (Å²) in [7, 11) is 0. The van der Waals surface area contributed by atoms with Gasteiger partial charge in [-0.1, -0.05) is 41.9 Å². The molecule has 4 aromatic carbocycles. The van der Waals surface area contributed by atoms with Gasteiger partial charge in [0.25, 0.3) is 0 Å². The molecule has 5 aromatic rings. The number of halogens is 2. The maximum atomic E-state index is 14.1. The number of benzene rings is 4. The van der Waals surface area contributed by atoms with Crippen molar-refractivity contribution >= 4 is 22.5 Å². The molecule has 0 aliphatic heterocycles. The van der Waals surface area contributed by atoms with Gasteiger partial charge >= 0.3 is 0 Å². The van der Waals surface area contributed by atoms with Crippen molar-refractivity contribution in [2.24, 2.45) is 0 Å². The normalized spacial score (nSPS) is 10.9. The van der Waals surface area contributed by atoms with Crippen molar-refractivity contribution in [2.75, 3.05) is 0 Å². The third-order valence-corrected chi connectivity index (χ3v) is 5.94. The fraction of sp³-hybridized carbons (Fsp3) is 0. The smallest absolute Gasteiger partial charge is 0.165 e. The Labute approximate surface area is 199 Å². The Morgan fingerprint density at radius 3 is 2.21 bits per heavy atom. The molecule has 0 radical (unpaired) electrons. The molecule has 0 atom stereocenters. The molecule has 34 heavy (non-hydrogen) atoms. The highest BCUT2D eigenvalue weighted by molar-refractivity contribution is 6.36. The zero-order valence-electron chi connectivity index (χ0n) is 17.6. The zero-order valence-corrected chi connectivity index (χ0v) is 18.4. The lowest BCUT2D eigenvalue weighted by Crippen LogP contribution is -1.93. The van der Waals surface area contributed by atoms with Crippen molar-refractivity contribution in [3.05, 3.63) is 101 Å². The molecule has 2 N–H and O–H groups in total. The van der Waals surface area contributed by atoms with Crippen molar-refractivity contribution in [3.63, 3.8) is 0 Å². The molecule has 0 saturated carbocycles. The molecule has 5 rings (SSSR count). The van der Waals surface area contributed by atoms with E-state index < -0.39 is 11.6 Å². The van der Waals surface area contributed by atoms with Gasteiger partial charge in [-0.2, -0.15) is 5.26 Å². The summed E-state index contributed by atoms with van der Waals surface area (Å²) in [6.45, 7) is 0. The van der Waals surface area contributed by atoms with Gasteiger partial charge in [0.15, 0.2) is 11.6 Å². The summed E-state index contributed by atoms with van der Waals surface area (Å²) in [4.78, 5) is 4.70. The summed E-state index contributed by atoms with van der Waals surface area (Å²) in [6.07, 6.45) is 0. The van der Waals surface area contributed by atoms with Crippen molar-refractivity contribution in [2.45, 2.75) is 0 Å². The molecule has 1 heterocycles. The minimum Gasteiger partial charge on any atom is -0.507 e. The molecule has 0 bridgehead atoms. The number of aromatic nitrogens is 1. The van der Waals surface area contributed by atoms with Gasteiger partial charge < -0.3 is 10.2 Å². The van der Waals surface area contributed by atoms with E-state index in [1.165, 1.54) is 12.1 Å². The first-order chi connectivity index (χ1) is 16.4. The molecule has 0 saturated heterocycles. The molecule has 0 unspecified atom stereocenters. The number of nitriles is 1. The van der Waals surface area contributed by atoms with Gasteiger partial charge in [0.2, 0.25) is 0 Å². The van der Waals surface area contributed by atoms with Crippen LogP contribution < -0.4 is 0 Å².